The zero-order valence-corrected chi connectivity index (χ0v) is 9.12. The molecule has 0 heterocycles. The molecule has 4 nitrogen and oxygen atoms in total. The molecule has 21 heavy (non-hydrogen) atoms. The van der Waals surface area contributed by atoms with Gasteiger partial charge in [-0.2, -0.15) is 43.9 Å². The van der Waals surface area contributed by atoms with Crippen LogP contribution in [0.3, 0.4) is 0 Å². The van der Waals surface area contributed by atoms with Gasteiger partial charge in [0, 0.05) is 0 Å². The highest BCUT2D eigenvalue weighted by Gasteiger charge is 2.63. The fraction of sp³-hybridized carbons (Fsp3) is 0.714. The smallest absolute Gasteiger partial charge is 0.393 e. The Morgan fingerprint density at radius 1 is 0.619 bits per heavy atom. The van der Waals surface area contributed by atoms with E-state index in [1.165, 1.54) is 0 Å². The predicted octanol–water partition coefficient (Wildman–Crippen LogP) is 2.77. The van der Waals surface area contributed by atoms with Gasteiger partial charge >= 0.3 is 36.5 Å². The van der Waals surface area contributed by atoms with Crippen LogP contribution in [0.5, 0.6) is 0 Å². The van der Waals surface area contributed by atoms with Crippen LogP contribution in [0.4, 0.5) is 43.9 Å². The van der Waals surface area contributed by atoms with Crippen LogP contribution >= 0.6 is 0 Å². The lowest BCUT2D eigenvalue weighted by molar-refractivity contribution is -0.379. The molecule has 0 unspecified atom stereocenters. The van der Waals surface area contributed by atoms with Crippen molar-refractivity contribution in [3.8, 4) is 0 Å². The molecule has 0 aromatic carbocycles. The molecule has 124 valence electrons. The number of halogens is 10. The number of rotatable bonds is 4. The van der Waals surface area contributed by atoms with Crippen LogP contribution < -0.4 is 0 Å². The number of hydrogen-bond acceptors (Lipinski definition) is 4. The summed E-state index contributed by atoms with van der Waals surface area (Å²) in [6.45, 7) is 0. The largest absolute Gasteiger partial charge is 0.501 e. The number of carbonyl (C=O) groups is 2. The normalized spacial score (nSPS) is 13.8. The molecule has 0 radical (unpaired) electrons. The van der Waals surface area contributed by atoms with E-state index in [0.29, 0.717) is 0 Å². The van der Waals surface area contributed by atoms with Crippen molar-refractivity contribution >= 4 is 11.9 Å². The zero-order valence-electron chi connectivity index (χ0n) is 9.12. The Bertz CT molecular complexity index is 371. The van der Waals surface area contributed by atoms with Gasteiger partial charge in [-0.3, -0.25) is 9.59 Å². The molecule has 0 bridgehead atoms. The van der Waals surface area contributed by atoms with Crippen LogP contribution in [-0.4, -0.2) is 36.5 Å². The molecule has 0 rings (SSSR count). The van der Waals surface area contributed by atoms with Crippen molar-refractivity contribution in [1.82, 2.24) is 0 Å². The quantitative estimate of drug-likeness (QED) is 0.449. The second kappa shape index (κ2) is 5.55. The maximum atomic E-state index is 12.1. The second-order valence-corrected chi connectivity index (χ2v) is 3.15. The molecule has 0 aliphatic rings. The van der Waals surface area contributed by atoms with E-state index < -0.39 is 42.9 Å². The van der Waals surface area contributed by atoms with E-state index in [1.807, 2.05) is 0 Å². The van der Waals surface area contributed by atoms with Crippen molar-refractivity contribution in [3.63, 3.8) is 0 Å². The van der Waals surface area contributed by atoms with E-state index in [1.54, 1.807) is 0 Å². The molecule has 0 amide bonds. The van der Waals surface area contributed by atoms with Gasteiger partial charge in [-0.1, -0.05) is 0 Å². The molecule has 0 atom stereocenters. The van der Waals surface area contributed by atoms with E-state index >= 15 is 0 Å². The van der Waals surface area contributed by atoms with Gasteiger partial charge in [-0.15, -0.1) is 0 Å². The Labute approximate surface area is 107 Å². The first-order chi connectivity index (χ1) is 8.99. The minimum atomic E-state index is -6.37. The minimum Gasteiger partial charge on any atom is -0.393 e. The first-order valence-corrected chi connectivity index (χ1v) is 4.32. The van der Waals surface area contributed by atoms with Gasteiger partial charge in [-0.25, -0.2) is 0 Å². The Morgan fingerprint density at radius 2 is 0.857 bits per heavy atom. The summed E-state index contributed by atoms with van der Waals surface area (Å²) >= 11 is 0. The Kier molecular flexibility index (Phi) is 5.09. The molecule has 0 aliphatic carbocycles. The number of hydrogen-bond donors (Lipinski definition) is 0. The van der Waals surface area contributed by atoms with Gasteiger partial charge < -0.3 is 9.47 Å². The van der Waals surface area contributed by atoms with Crippen molar-refractivity contribution < 1.29 is 63.0 Å². The summed E-state index contributed by atoms with van der Waals surface area (Å²) in [6.07, 6.45) is -27.2. The summed E-state index contributed by atoms with van der Waals surface area (Å²) in [5.41, 5.74) is 0. The molecule has 0 saturated carbocycles. The molecular weight excluding hydrogens is 338 g/mol. The van der Waals surface area contributed by atoms with Crippen LogP contribution in [0, 0.1) is 0 Å². The summed E-state index contributed by atoms with van der Waals surface area (Å²) in [7, 11) is 0. The van der Waals surface area contributed by atoms with Crippen molar-refractivity contribution in [2.75, 3.05) is 0 Å². The van der Waals surface area contributed by atoms with Crippen LogP contribution in [0.25, 0.3) is 0 Å². The average molecular weight is 340 g/mol. The standard InChI is InChI=1S/C7H2F10O4/c8-4(9,10)6(14,15)20-2(18)1-3(19)21-7(16,17)5(11,12)13/h1H2. The Hall–Kier alpha value is -1.76. The summed E-state index contributed by atoms with van der Waals surface area (Å²) in [5, 5.41) is 0. The molecule has 0 aromatic heterocycles. The van der Waals surface area contributed by atoms with Gasteiger partial charge in [0.2, 0.25) is 0 Å². The highest BCUT2D eigenvalue weighted by atomic mass is 19.4. The minimum absolute atomic E-state index is 2.32. The van der Waals surface area contributed by atoms with Gasteiger partial charge in [-0.05, 0) is 0 Å². The first-order valence-electron chi connectivity index (χ1n) is 4.32. The maximum Gasteiger partial charge on any atom is 0.501 e. The first kappa shape index (κ1) is 19.2. The third kappa shape index (κ3) is 5.26. The maximum absolute atomic E-state index is 12.1. The number of esters is 2. The van der Waals surface area contributed by atoms with Crippen molar-refractivity contribution in [3.05, 3.63) is 0 Å². The van der Waals surface area contributed by atoms with E-state index in [0.717, 1.165) is 0 Å². The molecule has 0 spiro atoms. The number of carbonyl (C=O) groups excluding carboxylic acids is 2. The van der Waals surface area contributed by atoms with Crippen molar-refractivity contribution in [1.29, 1.82) is 0 Å². The van der Waals surface area contributed by atoms with E-state index in [2.05, 4.69) is 9.47 Å². The molecule has 0 N–H and O–H groups in total. The molecule has 0 saturated heterocycles. The lowest BCUT2D eigenvalue weighted by atomic mass is 10.4. The van der Waals surface area contributed by atoms with Crippen LogP contribution in [0.2, 0.25) is 0 Å². The Balaban J connectivity index is 4.66. The average Bonchev–Trinajstić information content (AvgIpc) is 2.10. The monoisotopic (exact) mass is 340 g/mol. The summed E-state index contributed by atoms with van der Waals surface area (Å²) in [5.74, 6) is -5.44. The summed E-state index contributed by atoms with van der Waals surface area (Å²) < 4.78 is 123. The van der Waals surface area contributed by atoms with E-state index in [4.69, 9.17) is 0 Å². The lowest BCUT2D eigenvalue weighted by Crippen LogP contribution is -2.43. The molecule has 0 aromatic rings. The number of ether oxygens (including phenoxy) is 2. The van der Waals surface area contributed by atoms with Gasteiger partial charge in [0.1, 0.15) is 6.42 Å². The topological polar surface area (TPSA) is 52.6 Å². The SMILES string of the molecule is O=C(CC(=O)OC(F)(F)C(F)(F)F)OC(F)(F)C(F)(F)F. The summed E-state index contributed by atoms with van der Waals surface area (Å²) in [6, 6.07) is 0. The third-order valence-electron chi connectivity index (χ3n) is 1.43. The van der Waals surface area contributed by atoms with Crippen molar-refractivity contribution in [2.24, 2.45) is 0 Å². The second-order valence-electron chi connectivity index (χ2n) is 3.15. The molecule has 14 heteroatoms. The molecule has 0 fully saturated rings. The third-order valence-corrected chi connectivity index (χ3v) is 1.43. The van der Waals surface area contributed by atoms with E-state index in [-0.39, 0.29) is 0 Å². The van der Waals surface area contributed by atoms with Gasteiger partial charge in [0.05, 0.1) is 0 Å². The fourth-order valence-electron chi connectivity index (χ4n) is 0.592. The van der Waals surface area contributed by atoms with Gasteiger partial charge in [0.25, 0.3) is 0 Å². The molecular formula is C7H2F10O4. The highest BCUT2D eigenvalue weighted by Crippen LogP contribution is 2.38. The summed E-state index contributed by atoms with van der Waals surface area (Å²) in [4.78, 5) is 20.8. The predicted molar refractivity (Wildman–Crippen MR) is 38.8 cm³/mol. The Morgan fingerprint density at radius 3 is 1.05 bits per heavy atom. The van der Waals surface area contributed by atoms with Crippen LogP contribution in [0.15, 0.2) is 0 Å². The molecule has 0 aliphatic heterocycles. The number of alkyl halides is 10. The fourth-order valence-corrected chi connectivity index (χ4v) is 0.592. The van der Waals surface area contributed by atoms with Crippen LogP contribution in [0.1, 0.15) is 6.42 Å². The van der Waals surface area contributed by atoms with E-state index in [9.17, 15) is 53.5 Å². The zero-order chi connectivity index (χ0) is 17.3. The van der Waals surface area contributed by atoms with Crippen molar-refractivity contribution in [2.45, 2.75) is 31.0 Å². The highest BCUT2D eigenvalue weighted by molar-refractivity contribution is 5.91. The lowest BCUT2D eigenvalue weighted by Gasteiger charge is -2.20. The van der Waals surface area contributed by atoms with Crippen LogP contribution in [-0.2, 0) is 19.1 Å². The van der Waals surface area contributed by atoms with Gasteiger partial charge in [0.15, 0.2) is 0 Å².